The van der Waals surface area contributed by atoms with Gasteiger partial charge in [-0.05, 0) is 30.7 Å². The highest BCUT2D eigenvalue weighted by molar-refractivity contribution is 9.10. The molecule has 1 aliphatic rings. The zero-order valence-electron chi connectivity index (χ0n) is 9.33. The summed E-state index contributed by atoms with van der Waals surface area (Å²) in [6.07, 6.45) is 0.168. The van der Waals surface area contributed by atoms with Gasteiger partial charge >= 0.3 is 0 Å². The Labute approximate surface area is 107 Å². The van der Waals surface area contributed by atoms with Crippen molar-refractivity contribution < 1.29 is 14.3 Å². The van der Waals surface area contributed by atoms with Crippen LogP contribution in [-0.2, 0) is 9.59 Å². The van der Waals surface area contributed by atoms with E-state index in [0.29, 0.717) is 18.6 Å². The van der Waals surface area contributed by atoms with E-state index < -0.39 is 6.10 Å². The number of piperidine rings is 1. The predicted octanol–water partition coefficient (Wildman–Crippen LogP) is 1.94. The monoisotopic (exact) mass is 297 g/mol. The highest BCUT2D eigenvalue weighted by atomic mass is 79.9. The van der Waals surface area contributed by atoms with Crippen LogP contribution in [0.4, 0.5) is 0 Å². The van der Waals surface area contributed by atoms with Crippen LogP contribution in [-0.4, -0.2) is 17.9 Å². The number of nitrogens with one attached hydrogen (secondary N) is 1. The Bertz CT molecular complexity index is 453. The summed E-state index contributed by atoms with van der Waals surface area (Å²) in [6.45, 7) is 1.95. The number of carbonyl (C=O) groups is 2. The lowest BCUT2D eigenvalue weighted by Crippen LogP contribution is -2.46. The molecule has 0 bridgehead atoms. The SMILES string of the molecule is Cc1cc(Br)cc(OC2CCC(=O)NC2=O)c1. The molecule has 0 aromatic heterocycles. The van der Waals surface area contributed by atoms with Crippen LogP contribution in [0.5, 0.6) is 5.75 Å². The van der Waals surface area contributed by atoms with Crippen molar-refractivity contribution in [3.63, 3.8) is 0 Å². The van der Waals surface area contributed by atoms with Gasteiger partial charge in [0.05, 0.1) is 0 Å². The minimum atomic E-state index is -0.582. The molecule has 1 saturated heterocycles. The summed E-state index contributed by atoms with van der Waals surface area (Å²) >= 11 is 3.37. The number of imide groups is 1. The summed E-state index contributed by atoms with van der Waals surface area (Å²) < 4.78 is 6.49. The summed E-state index contributed by atoms with van der Waals surface area (Å²) in [5.41, 5.74) is 1.04. The number of amides is 2. The van der Waals surface area contributed by atoms with E-state index in [9.17, 15) is 9.59 Å². The largest absolute Gasteiger partial charge is 0.481 e. The highest BCUT2D eigenvalue weighted by Crippen LogP contribution is 2.23. The van der Waals surface area contributed by atoms with Gasteiger partial charge in [-0.1, -0.05) is 15.9 Å². The number of ether oxygens (including phenoxy) is 1. The van der Waals surface area contributed by atoms with Crippen molar-refractivity contribution in [1.82, 2.24) is 5.32 Å². The summed E-state index contributed by atoms with van der Waals surface area (Å²) in [5, 5.41) is 2.26. The Hall–Kier alpha value is -1.36. The van der Waals surface area contributed by atoms with Crippen LogP contribution >= 0.6 is 15.9 Å². The molecule has 1 fully saturated rings. The van der Waals surface area contributed by atoms with Gasteiger partial charge in [-0.3, -0.25) is 14.9 Å². The van der Waals surface area contributed by atoms with Crippen molar-refractivity contribution in [2.24, 2.45) is 0 Å². The number of hydrogen-bond donors (Lipinski definition) is 1. The number of hydrogen-bond acceptors (Lipinski definition) is 3. The summed E-state index contributed by atoms with van der Waals surface area (Å²) in [5.74, 6) is 0.0329. The molecule has 1 heterocycles. The van der Waals surface area contributed by atoms with Crippen molar-refractivity contribution >= 4 is 27.7 Å². The maximum atomic E-state index is 11.5. The lowest BCUT2D eigenvalue weighted by atomic mass is 10.1. The van der Waals surface area contributed by atoms with E-state index in [-0.39, 0.29) is 11.8 Å². The molecule has 1 N–H and O–H groups in total. The van der Waals surface area contributed by atoms with Crippen molar-refractivity contribution in [2.45, 2.75) is 25.9 Å². The zero-order chi connectivity index (χ0) is 12.4. The van der Waals surface area contributed by atoms with Crippen LogP contribution < -0.4 is 10.1 Å². The Morgan fingerprint density at radius 1 is 1.35 bits per heavy atom. The smallest absolute Gasteiger partial charge is 0.267 e. The second-order valence-corrected chi connectivity index (χ2v) is 4.94. The van der Waals surface area contributed by atoms with Crippen molar-refractivity contribution in [2.75, 3.05) is 0 Å². The molecule has 90 valence electrons. The van der Waals surface area contributed by atoms with E-state index in [2.05, 4.69) is 21.2 Å². The molecule has 4 nitrogen and oxygen atoms in total. The molecule has 17 heavy (non-hydrogen) atoms. The van der Waals surface area contributed by atoms with Gasteiger partial charge in [0.15, 0.2) is 6.10 Å². The average molecular weight is 298 g/mol. The molecule has 5 heteroatoms. The molecule has 1 atom stereocenters. The van der Waals surface area contributed by atoms with Crippen molar-refractivity contribution in [3.8, 4) is 5.75 Å². The minimum absolute atomic E-state index is 0.236. The average Bonchev–Trinajstić information content (AvgIpc) is 2.21. The fraction of sp³-hybridized carbons (Fsp3) is 0.333. The van der Waals surface area contributed by atoms with Crippen LogP contribution in [0.25, 0.3) is 0 Å². The van der Waals surface area contributed by atoms with E-state index in [1.54, 1.807) is 6.07 Å². The van der Waals surface area contributed by atoms with E-state index in [1.807, 2.05) is 19.1 Å². The summed E-state index contributed by atoms with van der Waals surface area (Å²) in [7, 11) is 0. The fourth-order valence-electron chi connectivity index (χ4n) is 1.72. The van der Waals surface area contributed by atoms with Gasteiger partial charge in [0.1, 0.15) is 5.75 Å². The molecule has 2 amide bonds. The third-order valence-electron chi connectivity index (χ3n) is 2.48. The first-order chi connectivity index (χ1) is 8.04. The molecular weight excluding hydrogens is 286 g/mol. The molecule has 0 aliphatic carbocycles. The lowest BCUT2D eigenvalue weighted by molar-refractivity contribution is -0.138. The zero-order valence-corrected chi connectivity index (χ0v) is 10.9. The fourth-order valence-corrected chi connectivity index (χ4v) is 2.31. The normalized spacial score (nSPS) is 20.0. The van der Waals surface area contributed by atoms with Gasteiger partial charge in [-0.15, -0.1) is 0 Å². The lowest BCUT2D eigenvalue weighted by Gasteiger charge is -2.22. The maximum absolute atomic E-state index is 11.5. The second-order valence-electron chi connectivity index (χ2n) is 4.02. The molecule has 1 aromatic rings. The molecule has 1 unspecified atom stereocenters. The second kappa shape index (κ2) is 4.87. The predicted molar refractivity (Wildman–Crippen MR) is 65.7 cm³/mol. The van der Waals surface area contributed by atoms with Gasteiger partial charge < -0.3 is 4.74 Å². The van der Waals surface area contributed by atoms with Crippen molar-refractivity contribution in [1.29, 1.82) is 0 Å². The Morgan fingerprint density at radius 3 is 2.76 bits per heavy atom. The number of rotatable bonds is 2. The quantitative estimate of drug-likeness (QED) is 0.849. The molecule has 1 aliphatic heterocycles. The van der Waals surface area contributed by atoms with Gasteiger partial charge in [0, 0.05) is 17.3 Å². The van der Waals surface area contributed by atoms with Crippen LogP contribution in [0.3, 0.4) is 0 Å². The van der Waals surface area contributed by atoms with Crippen LogP contribution in [0.1, 0.15) is 18.4 Å². The molecule has 0 radical (unpaired) electrons. The van der Waals surface area contributed by atoms with Crippen LogP contribution in [0, 0.1) is 6.92 Å². The van der Waals surface area contributed by atoms with E-state index in [1.165, 1.54) is 0 Å². The van der Waals surface area contributed by atoms with Crippen molar-refractivity contribution in [3.05, 3.63) is 28.2 Å². The summed E-state index contributed by atoms with van der Waals surface area (Å²) in [4.78, 5) is 22.5. The topological polar surface area (TPSA) is 55.4 Å². The van der Waals surface area contributed by atoms with Gasteiger partial charge in [0.25, 0.3) is 5.91 Å². The van der Waals surface area contributed by atoms with E-state index in [4.69, 9.17) is 4.74 Å². The first-order valence-electron chi connectivity index (χ1n) is 5.32. The van der Waals surface area contributed by atoms with E-state index >= 15 is 0 Å². The standard InChI is InChI=1S/C12H12BrNO3/c1-7-4-8(13)6-9(5-7)17-10-2-3-11(15)14-12(10)16/h4-6,10H,2-3H2,1H3,(H,14,15,16). The Kier molecular flexibility index (Phi) is 3.47. The van der Waals surface area contributed by atoms with Gasteiger partial charge in [0.2, 0.25) is 5.91 Å². The number of aryl methyl sites for hydroxylation is 1. The maximum Gasteiger partial charge on any atom is 0.267 e. The Morgan fingerprint density at radius 2 is 2.12 bits per heavy atom. The third-order valence-corrected chi connectivity index (χ3v) is 2.94. The molecule has 0 saturated carbocycles. The third kappa shape index (κ3) is 3.06. The molecule has 2 rings (SSSR count). The first-order valence-corrected chi connectivity index (χ1v) is 6.11. The van der Waals surface area contributed by atoms with Gasteiger partial charge in [-0.25, -0.2) is 0 Å². The van der Waals surface area contributed by atoms with Crippen LogP contribution in [0.15, 0.2) is 22.7 Å². The van der Waals surface area contributed by atoms with Gasteiger partial charge in [-0.2, -0.15) is 0 Å². The van der Waals surface area contributed by atoms with E-state index in [0.717, 1.165) is 10.0 Å². The summed E-state index contributed by atoms with van der Waals surface area (Å²) in [6, 6.07) is 5.61. The molecular formula is C12H12BrNO3. The van der Waals surface area contributed by atoms with Crippen LogP contribution in [0.2, 0.25) is 0 Å². The molecule has 1 aromatic carbocycles. The minimum Gasteiger partial charge on any atom is -0.481 e. The molecule has 0 spiro atoms. The number of halogens is 1. The Balaban J connectivity index is 2.10. The highest BCUT2D eigenvalue weighted by Gasteiger charge is 2.28. The first kappa shape index (κ1) is 12.1. The number of benzene rings is 1. The number of carbonyl (C=O) groups excluding carboxylic acids is 2.